The number of carbonyl (C=O) groups excluding carboxylic acids is 6. The van der Waals surface area contributed by atoms with E-state index in [0.717, 1.165) is 18.4 Å². The van der Waals surface area contributed by atoms with E-state index >= 15 is 0 Å². The molecule has 0 aliphatic heterocycles. The number of carbonyl (C=O) groups is 6. The number of nitrogens with one attached hydrogen (secondary N) is 1. The van der Waals surface area contributed by atoms with Crippen LogP contribution in [0.2, 0.25) is 0 Å². The molecule has 0 aliphatic carbocycles. The summed E-state index contributed by atoms with van der Waals surface area (Å²) in [6.07, 6.45) is 6.82. The van der Waals surface area contributed by atoms with Crippen molar-refractivity contribution in [2.24, 2.45) is 5.92 Å². The number of allylic oxidation sites excluding steroid dienone is 2. The Morgan fingerprint density at radius 3 is 2.04 bits per heavy atom. The van der Waals surface area contributed by atoms with E-state index in [-0.39, 0.29) is 54.4 Å². The van der Waals surface area contributed by atoms with Crippen LogP contribution in [0, 0.1) is 5.92 Å². The third kappa shape index (κ3) is 12.8. The maximum atomic E-state index is 13.2. The van der Waals surface area contributed by atoms with E-state index < -0.39 is 47.2 Å². The molecular formula is C36H37NO12. The number of esters is 5. The predicted octanol–water partition coefficient (Wildman–Crippen LogP) is 4.64. The fraction of sp³-hybridized carbons (Fsp3) is 0.222. The maximum absolute atomic E-state index is 13.2. The van der Waals surface area contributed by atoms with E-state index in [2.05, 4.69) is 29.8 Å². The fourth-order valence-corrected chi connectivity index (χ4v) is 3.84. The van der Waals surface area contributed by atoms with Crippen LogP contribution >= 0.6 is 0 Å². The lowest BCUT2D eigenvalue weighted by Crippen LogP contribution is -2.52. The van der Waals surface area contributed by atoms with Crippen molar-refractivity contribution < 1.29 is 57.6 Å². The normalized spacial score (nSPS) is 12.7. The summed E-state index contributed by atoms with van der Waals surface area (Å²) in [5, 5.41) is 12.2. The van der Waals surface area contributed by atoms with Crippen molar-refractivity contribution in [3.63, 3.8) is 0 Å². The van der Waals surface area contributed by atoms with E-state index in [0.29, 0.717) is 0 Å². The van der Waals surface area contributed by atoms with E-state index in [4.69, 9.17) is 18.9 Å². The second-order valence-corrected chi connectivity index (χ2v) is 10.2. The van der Waals surface area contributed by atoms with Gasteiger partial charge in [0.25, 0.3) is 0 Å². The number of hydrogen-bond donors (Lipinski definition) is 2. The Morgan fingerprint density at radius 1 is 0.837 bits per heavy atom. The number of benzene rings is 2. The molecule has 49 heavy (non-hydrogen) atoms. The maximum Gasteiger partial charge on any atom is 0.343 e. The Bertz CT molecular complexity index is 1610. The number of aromatic hydroxyl groups is 1. The van der Waals surface area contributed by atoms with Crippen molar-refractivity contribution in [3.05, 3.63) is 122 Å². The van der Waals surface area contributed by atoms with Gasteiger partial charge in [-0.05, 0) is 73.7 Å². The summed E-state index contributed by atoms with van der Waals surface area (Å²) in [5.41, 5.74) is -1.12. The number of phenols is 1. The summed E-state index contributed by atoms with van der Waals surface area (Å²) in [4.78, 5) is 73.0. The molecule has 13 heteroatoms. The molecule has 0 radical (unpaired) electrons. The van der Waals surface area contributed by atoms with Crippen molar-refractivity contribution in [2.75, 3.05) is 13.2 Å². The first-order valence-electron chi connectivity index (χ1n) is 14.7. The van der Waals surface area contributed by atoms with Gasteiger partial charge in [-0.3, -0.25) is 14.4 Å². The van der Waals surface area contributed by atoms with Crippen LogP contribution in [0.25, 0.3) is 0 Å². The molecular weight excluding hydrogens is 638 g/mol. The average molecular weight is 676 g/mol. The summed E-state index contributed by atoms with van der Waals surface area (Å²) in [7, 11) is 0. The monoisotopic (exact) mass is 675 g/mol. The molecule has 0 bridgehead atoms. The Hall–Kier alpha value is -6.24. The standard InChI is InChI=1S/C36H37NO12/c1-6-9-29(36(5,37-30(39)7-2)24(4)20-21-47-34(43)25-10-14-27(38)15-11-25)49-35(44)26-12-16-28(17-13-26)48-33(42)19-18-32(41)46-23-22-45-31(40)8-3/h6-17,20-21,24,38H,1-3,18-19,22-23H2,4-5H3,(H,37,39)/b21-20+,29-9+. The molecule has 0 saturated carbocycles. The van der Waals surface area contributed by atoms with Gasteiger partial charge in [0.05, 0.1) is 30.2 Å². The van der Waals surface area contributed by atoms with Crippen LogP contribution in [0.15, 0.2) is 111 Å². The second kappa shape index (κ2) is 19.4. The highest BCUT2D eigenvalue weighted by Crippen LogP contribution is 2.30. The van der Waals surface area contributed by atoms with Gasteiger partial charge in [-0.15, -0.1) is 0 Å². The van der Waals surface area contributed by atoms with Gasteiger partial charge in [0.15, 0.2) is 0 Å². The Labute approximate surface area is 283 Å². The fourth-order valence-electron chi connectivity index (χ4n) is 3.84. The van der Waals surface area contributed by atoms with Crippen molar-refractivity contribution in [3.8, 4) is 11.5 Å². The number of ether oxygens (including phenoxy) is 5. The number of amides is 1. The summed E-state index contributed by atoms with van der Waals surface area (Å²) in [5.74, 6) is -4.73. The smallest absolute Gasteiger partial charge is 0.343 e. The van der Waals surface area contributed by atoms with E-state index in [9.17, 15) is 33.9 Å². The minimum atomic E-state index is -1.39. The molecule has 2 aromatic rings. The Morgan fingerprint density at radius 2 is 1.43 bits per heavy atom. The van der Waals surface area contributed by atoms with Gasteiger partial charge < -0.3 is 34.1 Å². The first-order valence-corrected chi connectivity index (χ1v) is 14.7. The van der Waals surface area contributed by atoms with Gasteiger partial charge in [-0.25, -0.2) is 14.4 Å². The minimum absolute atomic E-state index is 0.00836. The van der Waals surface area contributed by atoms with Gasteiger partial charge in [0.2, 0.25) is 5.91 Å². The average Bonchev–Trinajstić information content (AvgIpc) is 3.09. The molecule has 2 N–H and O–H groups in total. The minimum Gasteiger partial charge on any atom is -0.508 e. The largest absolute Gasteiger partial charge is 0.508 e. The summed E-state index contributed by atoms with van der Waals surface area (Å²) in [6, 6.07) is 10.9. The molecule has 0 heterocycles. The zero-order valence-electron chi connectivity index (χ0n) is 27.0. The van der Waals surface area contributed by atoms with Crippen LogP contribution in [-0.2, 0) is 38.1 Å². The first kappa shape index (κ1) is 38.9. The molecule has 1 amide bonds. The van der Waals surface area contributed by atoms with Crippen LogP contribution < -0.4 is 10.1 Å². The van der Waals surface area contributed by atoms with Gasteiger partial charge in [-0.1, -0.05) is 32.7 Å². The molecule has 0 spiro atoms. The third-order valence-electron chi connectivity index (χ3n) is 6.72. The molecule has 2 unspecified atom stereocenters. The Kier molecular flexibility index (Phi) is 15.4. The van der Waals surface area contributed by atoms with Crippen molar-refractivity contribution in [1.29, 1.82) is 0 Å². The van der Waals surface area contributed by atoms with E-state index in [1.807, 2.05) is 0 Å². The Balaban J connectivity index is 2.06. The van der Waals surface area contributed by atoms with Crippen LogP contribution in [0.4, 0.5) is 0 Å². The summed E-state index contributed by atoms with van der Waals surface area (Å²) >= 11 is 0. The molecule has 0 fully saturated rings. The van der Waals surface area contributed by atoms with Crippen molar-refractivity contribution >= 4 is 35.8 Å². The van der Waals surface area contributed by atoms with Crippen LogP contribution in [-0.4, -0.2) is 59.6 Å². The molecule has 2 aromatic carbocycles. The third-order valence-corrected chi connectivity index (χ3v) is 6.72. The molecule has 0 saturated heterocycles. The van der Waals surface area contributed by atoms with Crippen LogP contribution in [0.3, 0.4) is 0 Å². The highest BCUT2D eigenvalue weighted by atomic mass is 16.6. The van der Waals surface area contributed by atoms with E-state index in [1.54, 1.807) is 13.8 Å². The number of hydrogen-bond acceptors (Lipinski definition) is 12. The molecule has 2 atom stereocenters. The van der Waals surface area contributed by atoms with Crippen molar-refractivity contribution in [2.45, 2.75) is 32.2 Å². The molecule has 13 nitrogen and oxygen atoms in total. The lowest BCUT2D eigenvalue weighted by Gasteiger charge is -2.36. The van der Waals surface area contributed by atoms with Gasteiger partial charge in [-0.2, -0.15) is 0 Å². The highest BCUT2D eigenvalue weighted by Gasteiger charge is 2.38. The zero-order valence-corrected chi connectivity index (χ0v) is 27.0. The quantitative estimate of drug-likeness (QED) is 0.0426. The topological polar surface area (TPSA) is 181 Å². The molecule has 0 aliphatic rings. The lowest BCUT2D eigenvalue weighted by atomic mass is 9.84. The van der Waals surface area contributed by atoms with E-state index in [1.165, 1.54) is 66.8 Å². The zero-order chi connectivity index (χ0) is 36.4. The number of rotatable bonds is 18. The SMILES string of the molecule is C=C/C=C(/OC(=O)c1ccc(OC(=O)CCC(=O)OCCOC(=O)C=C)cc1)C(C)(NC(=O)C=C)C(C)/C=C/OC(=O)c1ccc(O)cc1. The van der Waals surface area contributed by atoms with Crippen LogP contribution in [0.1, 0.15) is 47.4 Å². The van der Waals surface area contributed by atoms with Gasteiger partial charge >= 0.3 is 29.8 Å². The summed E-state index contributed by atoms with van der Waals surface area (Å²) in [6.45, 7) is 13.3. The van der Waals surface area contributed by atoms with Gasteiger partial charge in [0, 0.05) is 12.0 Å². The molecule has 0 aromatic heterocycles. The molecule has 2 rings (SSSR count). The summed E-state index contributed by atoms with van der Waals surface area (Å²) < 4.78 is 25.7. The number of phenolic OH excluding ortho intramolecular Hbond substituents is 1. The van der Waals surface area contributed by atoms with Gasteiger partial charge in [0.1, 0.15) is 36.0 Å². The van der Waals surface area contributed by atoms with Crippen LogP contribution in [0.5, 0.6) is 11.5 Å². The molecule has 258 valence electrons. The van der Waals surface area contributed by atoms with Crippen molar-refractivity contribution in [1.82, 2.24) is 5.32 Å². The predicted molar refractivity (Wildman–Crippen MR) is 176 cm³/mol. The lowest BCUT2D eigenvalue weighted by molar-refractivity contribution is -0.151. The first-order chi connectivity index (χ1) is 23.3. The highest BCUT2D eigenvalue weighted by molar-refractivity contribution is 5.91. The second-order valence-electron chi connectivity index (χ2n) is 10.2.